The van der Waals surface area contributed by atoms with Crippen molar-refractivity contribution >= 4 is 11.8 Å². The summed E-state index contributed by atoms with van der Waals surface area (Å²) in [6, 6.07) is 3.88. The number of alkyl halides is 3. The molecular weight excluding hydrogens is 375 g/mol. The van der Waals surface area contributed by atoms with Crippen molar-refractivity contribution in [2.45, 2.75) is 38.0 Å². The topological polar surface area (TPSA) is 65.0 Å². The van der Waals surface area contributed by atoms with Gasteiger partial charge >= 0.3 is 12.3 Å². The van der Waals surface area contributed by atoms with Crippen LogP contribution in [-0.2, 0) is 17.5 Å². The molecule has 0 atom stereocenters. The van der Waals surface area contributed by atoms with Crippen molar-refractivity contribution in [3.05, 3.63) is 29.3 Å². The molecule has 2 saturated heterocycles. The fraction of sp³-hybridized carbons (Fsp3) is 0.632. The van der Waals surface area contributed by atoms with Crippen LogP contribution >= 0.6 is 0 Å². The van der Waals surface area contributed by atoms with Gasteiger partial charge in [-0.1, -0.05) is 6.07 Å². The zero-order chi connectivity index (χ0) is 20.4. The Balaban J connectivity index is 1.74. The highest BCUT2D eigenvalue weighted by Gasteiger charge is 2.33. The Bertz CT molecular complexity index is 697. The zero-order valence-electron chi connectivity index (χ0n) is 15.9. The number of morpholine rings is 1. The number of hydrogen-bond donors (Lipinski definition) is 2. The Kier molecular flexibility index (Phi) is 6.04. The van der Waals surface area contributed by atoms with Crippen LogP contribution in [0, 0.1) is 0 Å². The van der Waals surface area contributed by atoms with Gasteiger partial charge in [-0.05, 0) is 37.5 Å². The van der Waals surface area contributed by atoms with E-state index in [0.29, 0.717) is 64.5 Å². The van der Waals surface area contributed by atoms with E-state index in [9.17, 15) is 18.0 Å². The van der Waals surface area contributed by atoms with E-state index >= 15 is 0 Å². The van der Waals surface area contributed by atoms with Crippen LogP contribution in [0.2, 0.25) is 0 Å². The molecule has 0 unspecified atom stereocenters. The second-order valence-corrected chi connectivity index (χ2v) is 7.62. The van der Waals surface area contributed by atoms with Gasteiger partial charge in [0, 0.05) is 44.0 Å². The molecule has 0 bridgehead atoms. The highest BCUT2D eigenvalue weighted by molar-refractivity contribution is 5.65. The molecule has 28 heavy (non-hydrogen) atoms. The average Bonchev–Trinajstić information content (AvgIpc) is 2.66. The second kappa shape index (κ2) is 8.16. The molecule has 6 nitrogen and oxygen atoms in total. The summed E-state index contributed by atoms with van der Waals surface area (Å²) in [7, 11) is 0. The summed E-state index contributed by atoms with van der Waals surface area (Å²) in [6.07, 6.45) is -3.98. The minimum atomic E-state index is -4.39. The number of nitrogens with one attached hydrogen (secondary N) is 1. The van der Waals surface area contributed by atoms with Crippen molar-refractivity contribution in [3.8, 4) is 0 Å². The van der Waals surface area contributed by atoms with Gasteiger partial charge in [-0.25, -0.2) is 4.79 Å². The van der Waals surface area contributed by atoms with Crippen LogP contribution < -0.4 is 10.2 Å². The number of carbonyl (C=O) groups is 1. The van der Waals surface area contributed by atoms with Gasteiger partial charge in [0.15, 0.2) is 0 Å². The monoisotopic (exact) mass is 401 g/mol. The number of carboxylic acid groups (broad SMARTS) is 1. The molecule has 1 aromatic carbocycles. The van der Waals surface area contributed by atoms with Crippen LogP contribution in [0.1, 0.15) is 30.9 Å². The number of benzene rings is 1. The molecule has 2 N–H and O–H groups in total. The van der Waals surface area contributed by atoms with Crippen molar-refractivity contribution in [1.29, 1.82) is 0 Å². The van der Waals surface area contributed by atoms with E-state index in [-0.39, 0.29) is 5.54 Å². The lowest BCUT2D eigenvalue weighted by molar-refractivity contribution is -0.137. The van der Waals surface area contributed by atoms with Gasteiger partial charge in [-0.3, -0.25) is 0 Å². The van der Waals surface area contributed by atoms with Crippen LogP contribution in [-0.4, -0.2) is 61.0 Å². The maximum absolute atomic E-state index is 13.2. The standard InChI is InChI=1S/C19H26F3N3O3/c1-18(4-6-25(7-5-18)17(26)27)23-13-14-2-3-15(19(20,21)22)12-16(14)24-8-10-28-11-9-24/h2-3,12,23H,4-11,13H2,1H3,(H,26,27). The zero-order valence-corrected chi connectivity index (χ0v) is 15.9. The van der Waals surface area contributed by atoms with Crippen LogP contribution in [0.15, 0.2) is 18.2 Å². The molecule has 2 heterocycles. The van der Waals surface area contributed by atoms with Crippen molar-refractivity contribution < 1.29 is 27.8 Å². The van der Waals surface area contributed by atoms with Crippen molar-refractivity contribution in [3.63, 3.8) is 0 Å². The van der Waals surface area contributed by atoms with Gasteiger partial charge < -0.3 is 25.0 Å². The quantitative estimate of drug-likeness (QED) is 0.812. The Morgan fingerprint density at radius 3 is 2.43 bits per heavy atom. The molecule has 0 aliphatic carbocycles. The largest absolute Gasteiger partial charge is 0.465 e. The van der Waals surface area contributed by atoms with E-state index in [0.717, 1.165) is 11.6 Å². The Morgan fingerprint density at radius 2 is 1.86 bits per heavy atom. The van der Waals surface area contributed by atoms with Crippen LogP contribution in [0.25, 0.3) is 0 Å². The van der Waals surface area contributed by atoms with E-state index in [1.165, 1.54) is 17.0 Å². The first-order valence-electron chi connectivity index (χ1n) is 9.44. The smallest absolute Gasteiger partial charge is 0.416 e. The first-order valence-corrected chi connectivity index (χ1v) is 9.44. The van der Waals surface area contributed by atoms with Crippen molar-refractivity contribution in [2.24, 2.45) is 0 Å². The van der Waals surface area contributed by atoms with E-state index in [2.05, 4.69) is 5.32 Å². The van der Waals surface area contributed by atoms with Gasteiger partial charge in [-0.15, -0.1) is 0 Å². The van der Waals surface area contributed by atoms with Gasteiger partial charge in [0.2, 0.25) is 0 Å². The summed E-state index contributed by atoms with van der Waals surface area (Å²) < 4.78 is 44.9. The summed E-state index contributed by atoms with van der Waals surface area (Å²) in [5.41, 5.74) is 0.476. The predicted octanol–water partition coefficient (Wildman–Crippen LogP) is 3.16. The third-order valence-corrected chi connectivity index (χ3v) is 5.61. The highest BCUT2D eigenvalue weighted by atomic mass is 19.4. The maximum Gasteiger partial charge on any atom is 0.416 e. The lowest BCUT2D eigenvalue weighted by Crippen LogP contribution is -2.52. The summed E-state index contributed by atoms with van der Waals surface area (Å²) in [5, 5.41) is 12.5. The van der Waals surface area contributed by atoms with Gasteiger partial charge in [-0.2, -0.15) is 13.2 Å². The molecular formula is C19H26F3N3O3. The molecule has 1 aromatic rings. The van der Waals surface area contributed by atoms with Crippen LogP contribution in [0.5, 0.6) is 0 Å². The fourth-order valence-corrected chi connectivity index (χ4v) is 3.67. The van der Waals surface area contributed by atoms with E-state index < -0.39 is 17.8 Å². The summed E-state index contributed by atoms with van der Waals surface area (Å²) in [6.45, 7) is 5.44. The number of likely N-dealkylation sites (tertiary alicyclic amines) is 1. The molecule has 0 saturated carbocycles. The van der Waals surface area contributed by atoms with Gasteiger partial charge in [0.1, 0.15) is 0 Å². The van der Waals surface area contributed by atoms with E-state index in [1.54, 1.807) is 0 Å². The molecule has 2 aliphatic rings. The molecule has 156 valence electrons. The number of ether oxygens (including phenoxy) is 1. The van der Waals surface area contributed by atoms with Crippen molar-refractivity contribution in [1.82, 2.24) is 10.2 Å². The minimum absolute atomic E-state index is 0.253. The normalized spacial score (nSPS) is 20.3. The minimum Gasteiger partial charge on any atom is -0.465 e. The van der Waals surface area contributed by atoms with E-state index in [4.69, 9.17) is 9.84 Å². The SMILES string of the molecule is CC1(NCc2ccc(C(F)(F)F)cc2N2CCOCC2)CCN(C(=O)O)CC1. The maximum atomic E-state index is 13.2. The third-order valence-electron chi connectivity index (χ3n) is 5.61. The number of nitrogens with zero attached hydrogens (tertiary/aromatic N) is 2. The number of amides is 1. The summed E-state index contributed by atoms with van der Waals surface area (Å²) >= 11 is 0. The van der Waals surface area contributed by atoms with Gasteiger partial charge in [0.05, 0.1) is 18.8 Å². The molecule has 2 aliphatic heterocycles. The molecule has 3 rings (SSSR count). The fourth-order valence-electron chi connectivity index (χ4n) is 3.67. The first kappa shape index (κ1) is 20.7. The number of halogens is 3. The van der Waals surface area contributed by atoms with Crippen LogP contribution in [0.4, 0.5) is 23.7 Å². The lowest BCUT2D eigenvalue weighted by atomic mass is 9.89. The predicted molar refractivity (Wildman–Crippen MR) is 98.6 cm³/mol. The van der Waals surface area contributed by atoms with E-state index in [1.807, 2.05) is 11.8 Å². The van der Waals surface area contributed by atoms with Crippen molar-refractivity contribution in [2.75, 3.05) is 44.3 Å². The number of rotatable bonds is 4. The third kappa shape index (κ3) is 4.88. The molecule has 0 aromatic heterocycles. The molecule has 2 fully saturated rings. The number of piperidine rings is 1. The molecule has 1 amide bonds. The first-order chi connectivity index (χ1) is 13.2. The summed E-state index contributed by atoms with van der Waals surface area (Å²) in [4.78, 5) is 14.4. The number of anilines is 1. The number of hydrogen-bond acceptors (Lipinski definition) is 4. The molecule has 0 spiro atoms. The van der Waals surface area contributed by atoms with Gasteiger partial charge in [0.25, 0.3) is 0 Å². The average molecular weight is 401 g/mol. The molecule has 0 radical (unpaired) electrons. The second-order valence-electron chi connectivity index (χ2n) is 7.62. The lowest BCUT2D eigenvalue weighted by Gasteiger charge is -2.39. The Hall–Kier alpha value is -2.00. The molecule has 9 heteroatoms. The Morgan fingerprint density at radius 1 is 1.21 bits per heavy atom. The van der Waals surface area contributed by atoms with Crippen LogP contribution in [0.3, 0.4) is 0 Å². The highest BCUT2D eigenvalue weighted by Crippen LogP contribution is 2.34. The summed E-state index contributed by atoms with van der Waals surface area (Å²) in [5.74, 6) is 0. The Labute approximate surface area is 162 Å².